The molecule has 1 fully saturated rings. The van der Waals surface area contributed by atoms with Gasteiger partial charge in [-0.05, 0) is 30.8 Å². The topological polar surface area (TPSA) is 37.3 Å². The summed E-state index contributed by atoms with van der Waals surface area (Å²) >= 11 is 0. The minimum absolute atomic E-state index is 0.110. The fourth-order valence-electron chi connectivity index (χ4n) is 2.48. The molecular weight excluding hydrogens is 212 g/mol. The van der Waals surface area contributed by atoms with Crippen LogP contribution in [0, 0.1) is 10.8 Å². The first kappa shape index (κ1) is 16.4. The molecule has 1 aliphatic rings. The fourth-order valence-corrected chi connectivity index (χ4v) is 2.48. The number of carbonyl (C=O) groups excluding carboxylic acids is 1. The Labute approximate surface area is 106 Å². The molecule has 2 atom stereocenters. The second-order valence-electron chi connectivity index (χ2n) is 5.45. The summed E-state index contributed by atoms with van der Waals surface area (Å²) in [6.07, 6.45) is 5.44. The van der Waals surface area contributed by atoms with E-state index in [4.69, 9.17) is 0 Å². The number of allylic oxidation sites excluding steroid dienone is 2. The van der Waals surface area contributed by atoms with Gasteiger partial charge >= 0.3 is 0 Å². The lowest BCUT2D eigenvalue weighted by molar-refractivity contribution is -0.127. The second-order valence-corrected chi connectivity index (χ2v) is 5.45. The summed E-state index contributed by atoms with van der Waals surface area (Å²) in [5.74, 6) is 0.158. The Morgan fingerprint density at radius 1 is 1.29 bits per heavy atom. The van der Waals surface area contributed by atoms with Crippen LogP contribution in [0.4, 0.5) is 0 Å². The molecule has 0 saturated heterocycles. The zero-order valence-corrected chi connectivity index (χ0v) is 12.2. The maximum absolute atomic E-state index is 12.1. The quantitative estimate of drug-likeness (QED) is 0.763. The van der Waals surface area contributed by atoms with Gasteiger partial charge in [0.25, 0.3) is 0 Å². The standard InChI is InChI=1S/C13H22O2.C2H6/c1-5-6-7-11(15)13(4)9-10(14)8-12(13,2)3;1-2/h6-7,10,14H,5,8-9H2,1-4H3;1-2H3/b7-6+;. The van der Waals surface area contributed by atoms with Crippen LogP contribution >= 0.6 is 0 Å². The van der Waals surface area contributed by atoms with Crippen molar-refractivity contribution in [1.82, 2.24) is 0 Å². The zero-order valence-electron chi connectivity index (χ0n) is 12.2. The van der Waals surface area contributed by atoms with Crippen LogP contribution in [0.25, 0.3) is 0 Å². The Hall–Kier alpha value is -0.630. The minimum Gasteiger partial charge on any atom is -0.393 e. The molecule has 0 aliphatic heterocycles. The van der Waals surface area contributed by atoms with Crippen LogP contribution in [0.3, 0.4) is 0 Å². The molecule has 0 aromatic heterocycles. The van der Waals surface area contributed by atoms with Crippen LogP contribution in [0.1, 0.15) is 60.8 Å². The highest BCUT2D eigenvalue weighted by molar-refractivity contribution is 5.95. The Morgan fingerprint density at radius 2 is 1.82 bits per heavy atom. The minimum atomic E-state index is -0.405. The van der Waals surface area contributed by atoms with Crippen LogP contribution in [0.5, 0.6) is 0 Å². The smallest absolute Gasteiger partial charge is 0.161 e. The van der Waals surface area contributed by atoms with Crippen LogP contribution in [-0.4, -0.2) is 17.0 Å². The van der Waals surface area contributed by atoms with E-state index in [1.165, 1.54) is 0 Å². The molecule has 0 radical (unpaired) electrons. The van der Waals surface area contributed by atoms with Crippen molar-refractivity contribution < 1.29 is 9.90 Å². The molecule has 100 valence electrons. The van der Waals surface area contributed by atoms with Gasteiger partial charge in [-0.25, -0.2) is 0 Å². The average molecular weight is 240 g/mol. The number of rotatable bonds is 3. The van der Waals surface area contributed by atoms with Crippen LogP contribution < -0.4 is 0 Å². The summed E-state index contributed by atoms with van der Waals surface area (Å²) in [5.41, 5.74) is -0.514. The summed E-state index contributed by atoms with van der Waals surface area (Å²) in [6, 6.07) is 0. The van der Waals surface area contributed by atoms with Crippen LogP contribution in [0.2, 0.25) is 0 Å². The molecule has 1 N–H and O–H groups in total. The van der Waals surface area contributed by atoms with E-state index in [2.05, 4.69) is 13.8 Å². The van der Waals surface area contributed by atoms with Crippen LogP contribution in [0.15, 0.2) is 12.2 Å². The molecule has 0 heterocycles. The highest BCUT2D eigenvalue weighted by Crippen LogP contribution is 2.53. The largest absolute Gasteiger partial charge is 0.393 e. The third kappa shape index (κ3) is 3.41. The lowest BCUT2D eigenvalue weighted by Crippen LogP contribution is -2.36. The highest BCUT2D eigenvalue weighted by Gasteiger charge is 2.52. The van der Waals surface area contributed by atoms with Gasteiger partial charge in [0.1, 0.15) is 0 Å². The van der Waals surface area contributed by atoms with E-state index in [1.807, 2.05) is 33.8 Å². The summed E-state index contributed by atoms with van der Waals surface area (Å²) in [4.78, 5) is 12.1. The van der Waals surface area contributed by atoms with Crippen molar-refractivity contribution >= 4 is 5.78 Å². The average Bonchev–Trinajstić information content (AvgIpc) is 2.47. The van der Waals surface area contributed by atoms with Crippen molar-refractivity contribution in [3.63, 3.8) is 0 Å². The molecule has 1 saturated carbocycles. The molecule has 2 unspecified atom stereocenters. The Morgan fingerprint density at radius 3 is 2.18 bits per heavy atom. The highest BCUT2D eigenvalue weighted by atomic mass is 16.3. The SMILES string of the molecule is CC.CC/C=C/C(=O)C1(C)CC(O)CC1(C)C. The molecule has 2 heteroatoms. The first-order valence-corrected chi connectivity index (χ1v) is 6.72. The van der Waals surface area contributed by atoms with E-state index < -0.39 is 5.41 Å². The van der Waals surface area contributed by atoms with Crippen molar-refractivity contribution in [2.75, 3.05) is 0 Å². The second kappa shape index (κ2) is 6.34. The molecule has 0 spiro atoms. The molecule has 2 nitrogen and oxygen atoms in total. The van der Waals surface area contributed by atoms with E-state index in [0.717, 1.165) is 12.8 Å². The number of ketones is 1. The lowest BCUT2D eigenvalue weighted by Gasteiger charge is -2.35. The molecule has 0 aromatic rings. The Balaban J connectivity index is 0.00000121. The van der Waals surface area contributed by atoms with E-state index in [0.29, 0.717) is 6.42 Å². The summed E-state index contributed by atoms with van der Waals surface area (Å²) in [5, 5.41) is 9.70. The number of aliphatic hydroxyl groups is 1. The van der Waals surface area contributed by atoms with E-state index >= 15 is 0 Å². The summed E-state index contributed by atoms with van der Waals surface area (Å²) in [6.45, 7) is 12.1. The van der Waals surface area contributed by atoms with E-state index in [1.54, 1.807) is 6.08 Å². The molecular formula is C15H28O2. The van der Waals surface area contributed by atoms with Crippen LogP contribution in [-0.2, 0) is 4.79 Å². The Bertz CT molecular complexity index is 279. The first-order chi connectivity index (χ1) is 7.83. The van der Waals surface area contributed by atoms with Gasteiger partial charge in [0.2, 0.25) is 0 Å². The van der Waals surface area contributed by atoms with Gasteiger partial charge in [-0.3, -0.25) is 4.79 Å². The monoisotopic (exact) mass is 240 g/mol. The van der Waals surface area contributed by atoms with Gasteiger partial charge in [-0.1, -0.05) is 47.6 Å². The summed E-state index contributed by atoms with van der Waals surface area (Å²) < 4.78 is 0. The van der Waals surface area contributed by atoms with Crippen molar-refractivity contribution in [3.05, 3.63) is 12.2 Å². The van der Waals surface area contributed by atoms with Gasteiger partial charge in [0.15, 0.2) is 5.78 Å². The maximum Gasteiger partial charge on any atom is 0.161 e. The van der Waals surface area contributed by atoms with Gasteiger partial charge in [-0.2, -0.15) is 0 Å². The van der Waals surface area contributed by atoms with Crippen molar-refractivity contribution in [2.24, 2.45) is 10.8 Å². The van der Waals surface area contributed by atoms with Crippen molar-refractivity contribution in [2.45, 2.75) is 66.9 Å². The zero-order chi connectivity index (χ0) is 13.7. The van der Waals surface area contributed by atoms with E-state index in [9.17, 15) is 9.90 Å². The van der Waals surface area contributed by atoms with Gasteiger partial charge in [-0.15, -0.1) is 0 Å². The van der Waals surface area contributed by atoms with Gasteiger partial charge < -0.3 is 5.11 Å². The third-order valence-electron chi connectivity index (χ3n) is 3.93. The maximum atomic E-state index is 12.1. The number of aliphatic hydroxyl groups excluding tert-OH is 1. The molecule has 17 heavy (non-hydrogen) atoms. The molecule has 0 bridgehead atoms. The third-order valence-corrected chi connectivity index (χ3v) is 3.93. The normalized spacial score (nSPS) is 31.1. The Kier molecular flexibility index (Phi) is 6.11. The number of hydrogen-bond donors (Lipinski definition) is 1. The predicted octanol–water partition coefficient (Wildman–Crippen LogP) is 3.74. The van der Waals surface area contributed by atoms with Crippen molar-refractivity contribution in [3.8, 4) is 0 Å². The molecule has 0 amide bonds. The van der Waals surface area contributed by atoms with E-state index in [-0.39, 0.29) is 17.3 Å². The number of carbonyl (C=O) groups is 1. The molecule has 0 aromatic carbocycles. The molecule has 1 aliphatic carbocycles. The van der Waals surface area contributed by atoms with Gasteiger partial charge in [0.05, 0.1) is 6.10 Å². The molecule has 1 rings (SSSR count). The fraction of sp³-hybridized carbons (Fsp3) is 0.800. The van der Waals surface area contributed by atoms with Crippen molar-refractivity contribution in [1.29, 1.82) is 0 Å². The first-order valence-electron chi connectivity index (χ1n) is 6.72. The summed E-state index contributed by atoms with van der Waals surface area (Å²) in [7, 11) is 0. The van der Waals surface area contributed by atoms with Gasteiger partial charge in [0, 0.05) is 5.41 Å². The lowest BCUT2D eigenvalue weighted by atomic mass is 9.66. The predicted molar refractivity (Wildman–Crippen MR) is 72.9 cm³/mol. The number of hydrogen-bond acceptors (Lipinski definition) is 2.